The van der Waals surface area contributed by atoms with E-state index in [1.165, 1.54) is 0 Å². The first-order valence-corrected chi connectivity index (χ1v) is 11.1. The number of hydrogen-bond acceptors (Lipinski definition) is 4. The van der Waals surface area contributed by atoms with Gasteiger partial charge >= 0.3 is 0 Å². The maximum atomic E-state index is 13.4. The topological polar surface area (TPSA) is 48.0 Å². The first kappa shape index (κ1) is 22.0. The molecule has 1 aliphatic heterocycles. The van der Waals surface area contributed by atoms with Crippen molar-refractivity contribution in [2.24, 2.45) is 0 Å². The van der Waals surface area contributed by atoms with Gasteiger partial charge in [0, 0.05) is 10.7 Å². The number of ether oxygens (including phenoxy) is 3. The van der Waals surface area contributed by atoms with E-state index in [9.17, 15) is 4.79 Å². The van der Waals surface area contributed by atoms with E-state index in [1.807, 2.05) is 67.3 Å². The molecule has 4 rings (SSSR count). The Morgan fingerprint density at radius 2 is 1.56 bits per heavy atom. The second kappa shape index (κ2) is 9.53. The normalized spacial score (nSPS) is 15.3. The summed E-state index contributed by atoms with van der Waals surface area (Å²) in [5.74, 6) is 2.11. The molecule has 0 N–H and O–H groups in total. The Balaban J connectivity index is 1.90. The van der Waals surface area contributed by atoms with Crippen molar-refractivity contribution in [1.82, 2.24) is 0 Å². The first-order chi connectivity index (χ1) is 15.5. The molecule has 32 heavy (non-hydrogen) atoms. The maximum absolute atomic E-state index is 13.4. The summed E-state index contributed by atoms with van der Waals surface area (Å²) in [6.45, 7) is 4.92. The highest BCUT2D eigenvalue weighted by Gasteiger charge is 2.36. The summed E-state index contributed by atoms with van der Waals surface area (Å²) in [5.41, 5.74) is 3.71. The SMILES string of the molecule is CCOc1cc2c(cc1OCC)[C@@H](c1ccc(OC)cc1)N(c1ccc(Cl)cc1)C(=O)C2. The van der Waals surface area contributed by atoms with Crippen LogP contribution in [-0.4, -0.2) is 26.2 Å². The molecule has 3 aromatic rings. The molecule has 1 aliphatic rings. The van der Waals surface area contributed by atoms with Gasteiger partial charge in [-0.05, 0) is 79.1 Å². The second-order valence-corrected chi connectivity index (χ2v) is 7.89. The highest BCUT2D eigenvalue weighted by molar-refractivity contribution is 6.30. The maximum Gasteiger partial charge on any atom is 0.232 e. The van der Waals surface area contributed by atoms with Crippen LogP contribution in [0.5, 0.6) is 17.2 Å². The zero-order valence-electron chi connectivity index (χ0n) is 18.4. The molecule has 0 saturated carbocycles. The van der Waals surface area contributed by atoms with Crippen LogP contribution < -0.4 is 19.1 Å². The zero-order valence-corrected chi connectivity index (χ0v) is 19.2. The predicted molar refractivity (Wildman–Crippen MR) is 126 cm³/mol. The predicted octanol–water partition coefficient (Wildman–Crippen LogP) is 5.82. The molecule has 0 bridgehead atoms. The summed E-state index contributed by atoms with van der Waals surface area (Å²) in [5, 5.41) is 0.625. The highest BCUT2D eigenvalue weighted by atomic mass is 35.5. The van der Waals surface area contributed by atoms with Crippen molar-refractivity contribution < 1.29 is 19.0 Å². The third-order valence-corrected chi connectivity index (χ3v) is 5.76. The molecule has 0 spiro atoms. The minimum Gasteiger partial charge on any atom is -0.497 e. The third-order valence-electron chi connectivity index (χ3n) is 5.50. The van der Waals surface area contributed by atoms with Crippen LogP contribution in [0.25, 0.3) is 0 Å². The van der Waals surface area contributed by atoms with Crippen LogP contribution in [0.3, 0.4) is 0 Å². The molecule has 5 nitrogen and oxygen atoms in total. The van der Waals surface area contributed by atoms with Crippen molar-refractivity contribution in [2.75, 3.05) is 25.2 Å². The van der Waals surface area contributed by atoms with Gasteiger partial charge in [-0.15, -0.1) is 0 Å². The molecule has 0 aromatic heterocycles. The number of amides is 1. The molecule has 0 radical (unpaired) electrons. The van der Waals surface area contributed by atoms with Gasteiger partial charge in [0.05, 0.1) is 32.8 Å². The molecule has 166 valence electrons. The van der Waals surface area contributed by atoms with Gasteiger partial charge in [-0.1, -0.05) is 23.7 Å². The number of hydrogen-bond donors (Lipinski definition) is 0. The molecule has 0 unspecified atom stereocenters. The Bertz CT molecular complexity index is 1100. The van der Waals surface area contributed by atoms with Crippen molar-refractivity contribution in [2.45, 2.75) is 26.3 Å². The van der Waals surface area contributed by atoms with Crippen LogP contribution in [0.2, 0.25) is 5.02 Å². The Labute approximate surface area is 193 Å². The number of carbonyl (C=O) groups is 1. The van der Waals surface area contributed by atoms with Crippen molar-refractivity contribution in [3.8, 4) is 17.2 Å². The number of methoxy groups -OCH3 is 1. The summed E-state index contributed by atoms with van der Waals surface area (Å²) >= 11 is 6.11. The van der Waals surface area contributed by atoms with E-state index in [1.54, 1.807) is 19.2 Å². The Hall–Kier alpha value is -3.18. The molecule has 1 heterocycles. The van der Waals surface area contributed by atoms with Crippen LogP contribution in [0.4, 0.5) is 5.69 Å². The van der Waals surface area contributed by atoms with Crippen LogP contribution in [-0.2, 0) is 11.2 Å². The number of halogens is 1. The van der Waals surface area contributed by atoms with Gasteiger partial charge in [-0.2, -0.15) is 0 Å². The summed E-state index contributed by atoms with van der Waals surface area (Å²) in [4.78, 5) is 15.3. The van der Waals surface area contributed by atoms with Crippen LogP contribution >= 0.6 is 11.6 Å². The standard InChI is InChI=1S/C26H26ClNO4/c1-4-31-23-14-18-15-25(29)28(20-10-8-19(27)9-11-20)26(22(18)16-24(23)32-5-2)17-6-12-21(30-3)13-7-17/h6-14,16,26H,4-5,15H2,1-3H3/t26-/m1/s1. The quantitative estimate of drug-likeness (QED) is 0.453. The van der Waals surface area contributed by atoms with Crippen LogP contribution in [0.1, 0.15) is 36.6 Å². The van der Waals surface area contributed by atoms with Gasteiger partial charge in [0.2, 0.25) is 5.91 Å². The lowest BCUT2D eigenvalue weighted by molar-refractivity contribution is -0.118. The lowest BCUT2D eigenvalue weighted by Gasteiger charge is -2.38. The highest BCUT2D eigenvalue weighted by Crippen LogP contribution is 2.43. The number of rotatable bonds is 7. The van der Waals surface area contributed by atoms with Gasteiger partial charge < -0.3 is 19.1 Å². The molecule has 6 heteroatoms. The molecule has 0 fully saturated rings. The summed E-state index contributed by atoms with van der Waals surface area (Å²) < 4.78 is 17.0. The lowest BCUT2D eigenvalue weighted by Crippen LogP contribution is -2.41. The zero-order chi connectivity index (χ0) is 22.7. The summed E-state index contributed by atoms with van der Waals surface area (Å²) in [7, 11) is 1.64. The van der Waals surface area contributed by atoms with E-state index in [-0.39, 0.29) is 18.4 Å². The van der Waals surface area contributed by atoms with Crippen molar-refractivity contribution in [1.29, 1.82) is 0 Å². The second-order valence-electron chi connectivity index (χ2n) is 7.46. The fraction of sp³-hybridized carbons (Fsp3) is 0.269. The van der Waals surface area contributed by atoms with Gasteiger partial charge in [-0.25, -0.2) is 0 Å². The lowest BCUT2D eigenvalue weighted by atomic mass is 9.86. The Morgan fingerprint density at radius 3 is 2.16 bits per heavy atom. The minimum absolute atomic E-state index is 0.00671. The van der Waals surface area contributed by atoms with Gasteiger partial charge in [0.25, 0.3) is 0 Å². The largest absolute Gasteiger partial charge is 0.497 e. The Morgan fingerprint density at radius 1 is 0.938 bits per heavy atom. The van der Waals surface area contributed by atoms with E-state index in [0.29, 0.717) is 29.7 Å². The monoisotopic (exact) mass is 451 g/mol. The molecule has 1 amide bonds. The van der Waals surface area contributed by atoms with Crippen LogP contribution in [0, 0.1) is 0 Å². The van der Waals surface area contributed by atoms with E-state index < -0.39 is 0 Å². The average molecular weight is 452 g/mol. The molecule has 3 aromatic carbocycles. The average Bonchev–Trinajstić information content (AvgIpc) is 2.80. The van der Waals surface area contributed by atoms with Crippen molar-refractivity contribution >= 4 is 23.2 Å². The molecular weight excluding hydrogens is 426 g/mol. The minimum atomic E-state index is -0.326. The van der Waals surface area contributed by atoms with Crippen molar-refractivity contribution in [3.63, 3.8) is 0 Å². The van der Waals surface area contributed by atoms with Crippen molar-refractivity contribution in [3.05, 3.63) is 82.4 Å². The number of fused-ring (bicyclic) bond motifs is 1. The summed E-state index contributed by atoms with van der Waals surface area (Å²) in [6, 6.07) is 18.8. The van der Waals surface area contributed by atoms with E-state index in [2.05, 4.69) is 0 Å². The first-order valence-electron chi connectivity index (χ1n) is 10.7. The van der Waals surface area contributed by atoms with Gasteiger partial charge in [0.15, 0.2) is 11.5 Å². The molecule has 1 atom stereocenters. The van der Waals surface area contributed by atoms with E-state index in [4.69, 9.17) is 25.8 Å². The Kier molecular flexibility index (Phi) is 6.56. The molecule has 0 saturated heterocycles. The summed E-state index contributed by atoms with van der Waals surface area (Å²) in [6.07, 6.45) is 0.275. The number of anilines is 1. The van der Waals surface area contributed by atoms with E-state index >= 15 is 0 Å². The molecular formula is C26H26ClNO4. The fourth-order valence-corrected chi connectivity index (χ4v) is 4.23. The third kappa shape index (κ3) is 4.26. The number of carbonyl (C=O) groups excluding carboxylic acids is 1. The fourth-order valence-electron chi connectivity index (χ4n) is 4.10. The molecule has 0 aliphatic carbocycles. The van der Waals surface area contributed by atoms with Gasteiger partial charge in [-0.3, -0.25) is 4.79 Å². The smallest absolute Gasteiger partial charge is 0.232 e. The van der Waals surface area contributed by atoms with E-state index in [0.717, 1.165) is 28.1 Å². The van der Waals surface area contributed by atoms with Crippen LogP contribution in [0.15, 0.2) is 60.7 Å². The van der Waals surface area contributed by atoms with Gasteiger partial charge in [0.1, 0.15) is 5.75 Å². The number of benzene rings is 3. The number of nitrogens with zero attached hydrogens (tertiary/aromatic N) is 1.